The van der Waals surface area contributed by atoms with Crippen molar-refractivity contribution in [3.05, 3.63) is 180 Å². The Balaban J connectivity index is 0.000000138. The minimum atomic E-state index is -5.08. The van der Waals surface area contributed by atoms with E-state index in [1.807, 2.05) is 84.4 Å². The number of fused-ring (bicyclic) bond motifs is 15. The standard InChI is InChI=1S/C27H36N2O2.C26H34N2O2S.C21H31NO3.C18H15P.CF3O2S.Ag.O/c1-17-16-19-20-10-11-22(25(31)28-18-8-6-5-7-9-18)26(20,2)14-12-21(19)27(3)15-13-23(30)29(4)24(17)27;1-16-15-17-18-8-9-20(24(30)31-21-7-5-6-14-27-21)25(18,2)12-10-19(17)26(3)13-11-22(29)28(4)23(16)26;1-12-11-13-14-5-6-16(19(24)25)20(14,2)9-7-15(13)21(3)10-8-17(23)22(4)18(12)21;1-4-10-16(11-5-1)19(17-12-6-2-7-13-17)18-14-8-3-9-15-18;2-1(3,4)7(5)6;;/h5-9,19-22H,10-16H2,1-4H3,(H,28,31);5-7,14,17-20H,8-13,15H2,1-4H3;13-16H,5-11H2,1-4H3,(H,24,25);1-15H;;;/q;;;;-1;;/t19?,20-,21?,22+,26-,27+;17?,18-,19?,20+,25-,26+;13?,14-,15?,16+,20-,21+;;;;/m000..../s1. The Labute approximate surface area is 698 Å². The molecule has 15 nitrogen and oxygen atoms in total. The molecule has 115 heavy (non-hydrogen) atoms. The van der Waals surface area contributed by atoms with Crippen LogP contribution in [-0.2, 0) is 72.2 Å². The number of halogens is 3. The zero-order chi connectivity index (χ0) is 83.1. The largest absolute Gasteiger partial charge is 0.0622 e. The number of amides is 4. The van der Waals surface area contributed by atoms with Gasteiger partial charge in [-0.15, -0.1) is 0 Å². The predicted octanol–water partition coefficient (Wildman–Crippen LogP) is 19.5. The average molecular weight is 1720 g/mol. The first-order valence-corrected chi connectivity index (χ1v) is 45.3. The number of rotatable bonds is 8. The fourth-order valence-corrected chi connectivity index (χ4v) is 29.4. The Bertz CT molecular complexity index is 4340. The van der Waals surface area contributed by atoms with Gasteiger partial charge in [0.25, 0.3) is 0 Å². The smallest absolute Gasteiger partial charge is 0.0134 e. The van der Waals surface area contributed by atoms with Gasteiger partial charge >= 0.3 is 35.8 Å². The Hall–Kier alpha value is -6.67. The van der Waals surface area contributed by atoms with Gasteiger partial charge in [-0.2, -0.15) is 13.2 Å². The number of carboxylic acid groups (broad SMARTS) is 1. The van der Waals surface area contributed by atoms with Crippen molar-refractivity contribution in [2.45, 2.75) is 208 Å². The number of nitrogens with one attached hydrogen (secondary N) is 1. The second-order valence-corrected chi connectivity index (χ2v) is 40.7. The molecular weight excluding hydrogens is 1610 g/mol. The molecule has 9 aliphatic carbocycles. The third-order valence-corrected chi connectivity index (χ3v) is 34.7. The van der Waals surface area contributed by atoms with Crippen molar-refractivity contribution in [2.75, 3.05) is 26.5 Å². The van der Waals surface area contributed by atoms with E-state index in [4.69, 9.17) is 11.7 Å². The van der Waals surface area contributed by atoms with Crippen LogP contribution < -0.4 is 21.2 Å². The molecule has 0 radical (unpaired) electrons. The van der Waals surface area contributed by atoms with Crippen molar-refractivity contribution < 1.29 is 79.8 Å². The molecule has 18 atom stereocenters. The first kappa shape index (κ1) is 87.6. The van der Waals surface area contributed by atoms with Crippen LogP contribution in [0.5, 0.6) is 0 Å². The minimum absolute atomic E-state index is 0.0441. The molecule has 3 aliphatic heterocycles. The molecule has 4 heterocycles. The number of hydrogen-bond acceptors (Lipinski definition) is 12. The number of aromatic nitrogens is 1. The number of thioether (sulfide) groups is 1. The molecule has 0 spiro atoms. The quantitative estimate of drug-likeness (QED) is 0.0644. The van der Waals surface area contributed by atoms with Crippen LogP contribution in [-0.4, -0.2) is 86.2 Å². The number of nitrogens with zero attached hydrogens (tertiary/aromatic N) is 4. The molecule has 4 aromatic carbocycles. The molecule has 17 rings (SSSR count). The first-order chi connectivity index (χ1) is 54.6. The van der Waals surface area contributed by atoms with Crippen LogP contribution in [0.25, 0.3) is 0 Å². The van der Waals surface area contributed by atoms with Crippen LogP contribution in [0.3, 0.4) is 0 Å². The molecule has 9 fully saturated rings. The van der Waals surface area contributed by atoms with E-state index in [1.54, 1.807) is 27.2 Å². The third kappa shape index (κ3) is 16.8. The molecule has 5 aromatic rings. The van der Waals surface area contributed by atoms with E-state index in [2.05, 4.69) is 164 Å². The molecule has 22 heteroatoms. The number of piperidine rings is 3. The van der Waals surface area contributed by atoms with E-state index in [9.17, 15) is 47.0 Å². The fourth-order valence-electron chi connectivity index (χ4n) is 26.1. The normalized spacial score (nSPS) is 34.1. The number of carboxylic acids is 1. The van der Waals surface area contributed by atoms with Crippen LogP contribution in [0.15, 0.2) is 185 Å². The summed E-state index contributed by atoms with van der Waals surface area (Å²) in [7, 11) is 1.52. The number of alkyl halides is 3. The van der Waals surface area contributed by atoms with Crippen LogP contribution in [0, 0.1) is 104 Å². The van der Waals surface area contributed by atoms with Crippen LogP contribution in [0.1, 0.15) is 197 Å². The maximum atomic E-state index is 13.3. The van der Waals surface area contributed by atoms with Gasteiger partial charge in [-0.05, 0) is 266 Å². The van der Waals surface area contributed by atoms with E-state index < -0.39 is 30.1 Å². The van der Waals surface area contributed by atoms with Gasteiger partial charge in [-0.1, -0.05) is 174 Å². The first-order valence-electron chi connectivity index (χ1n) is 41.5. The zero-order valence-corrected chi connectivity index (χ0v) is 72.8. The van der Waals surface area contributed by atoms with Gasteiger partial charge in [-0.3, -0.25) is 28.8 Å². The summed E-state index contributed by atoms with van der Waals surface area (Å²) in [5, 5.41) is 18.2. The molecule has 4 amide bonds. The van der Waals surface area contributed by atoms with Gasteiger partial charge in [-0.25, -0.2) is 4.98 Å². The summed E-state index contributed by atoms with van der Waals surface area (Å²) in [5.41, 5.74) is 4.28. The summed E-state index contributed by atoms with van der Waals surface area (Å²) < 4.78 is 57.5. The summed E-state index contributed by atoms with van der Waals surface area (Å²) in [6.07, 6.45) is 22.8. The Morgan fingerprint density at radius 3 is 1.14 bits per heavy atom. The summed E-state index contributed by atoms with van der Waals surface area (Å²) in [6.45, 7) is 20.9. The van der Waals surface area contributed by atoms with Crippen molar-refractivity contribution in [1.29, 1.82) is 0 Å². The van der Waals surface area contributed by atoms with Gasteiger partial charge in [0.2, 0.25) is 23.6 Å². The number of benzene rings is 4. The average Bonchev–Trinajstić information content (AvgIpc) is 1.68. The number of carbonyl (C=O) groups excluding carboxylic acids is 5. The summed E-state index contributed by atoms with van der Waals surface area (Å²) in [6, 6.07) is 48.0. The number of hydrogen-bond donors (Lipinski definition) is 2. The maximum Gasteiger partial charge on any atom is -0.0134 e. The molecule has 623 valence electrons. The minimum Gasteiger partial charge on any atom is -0.0622 e. The van der Waals surface area contributed by atoms with Crippen molar-refractivity contribution in [3.8, 4) is 0 Å². The molecule has 6 unspecified atom stereocenters. The third-order valence-electron chi connectivity index (χ3n) is 30.9. The monoisotopic (exact) mass is 1720 g/mol. The molecule has 3 saturated heterocycles. The van der Waals surface area contributed by atoms with Gasteiger partial charge in [0.15, 0.2) is 5.12 Å². The molecular formula is C93H116AgF3N5O10PS2-. The van der Waals surface area contributed by atoms with Gasteiger partial charge < -0.3 is 33.5 Å². The molecule has 1 aromatic heterocycles. The van der Waals surface area contributed by atoms with Crippen LogP contribution >= 0.6 is 19.7 Å². The predicted molar refractivity (Wildman–Crippen MR) is 442 cm³/mol. The number of pyridine rings is 1. The number of allylic oxidation sites excluding steroid dienone is 6. The van der Waals surface area contributed by atoms with Crippen molar-refractivity contribution in [3.63, 3.8) is 0 Å². The topological polar surface area (TPSA) is 208 Å². The Kier molecular flexibility index (Phi) is 26.9. The van der Waals surface area contributed by atoms with Crippen molar-refractivity contribution >= 4 is 86.7 Å². The van der Waals surface area contributed by atoms with E-state index in [1.165, 1.54) is 74.3 Å². The molecule has 6 saturated carbocycles. The van der Waals surface area contributed by atoms with E-state index in [0.29, 0.717) is 77.6 Å². The fraction of sp³-hybridized carbons (Fsp3) is 0.559. The second kappa shape index (κ2) is 35.3. The Morgan fingerprint density at radius 1 is 0.478 bits per heavy atom. The summed E-state index contributed by atoms with van der Waals surface area (Å²) >= 11 is 3.04. The van der Waals surface area contributed by atoms with E-state index >= 15 is 0 Å². The number of likely N-dealkylation sites (tertiary alicyclic amines) is 3. The Morgan fingerprint density at radius 2 is 0.800 bits per heavy atom. The van der Waals surface area contributed by atoms with Gasteiger partial charge in [0.05, 0.1) is 5.92 Å². The summed E-state index contributed by atoms with van der Waals surface area (Å²) in [4.78, 5) is 85.8. The molecule has 2 N–H and O–H groups in total. The van der Waals surface area contributed by atoms with E-state index in [0.717, 1.165) is 113 Å². The second-order valence-electron chi connectivity index (χ2n) is 36.6. The van der Waals surface area contributed by atoms with Crippen molar-refractivity contribution in [2.24, 2.45) is 104 Å². The summed E-state index contributed by atoms with van der Waals surface area (Å²) in [5.74, 6) is 5.81. The number of carbonyl (C=O) groups is 6. The van der Waals surface area contributed by atoms with Crippen LogP contribution in [0.2, 0.25) is 0 Å². The number of para-hydroxylation sites is 1. The van der Waals surface area contributed by atoms with Crippen molar-refractivity contribution in [1.82, 2.24) is 19.7 Å². The van der Waals surface area contributed by atoms with E-state index in [-0.39, 0.29) is 73.9 Å². The SMILES string of the molecule is CC1=C2N(C)C(=O)CC[C@]2(C)C2CC[C@]3(C)[C@@H](C(=O)Nc4ccccc4)CC[C@H]3C2C1.CC1=C2N(C)C(=O)CC[C@]2(C)C2CC[C@]3(C)[C@@H](C(=O)O)CC[C@H]3C2C1.CC1=C2N(C)C(=O)CC[C@]2(C)C2CC[C@]3(C)[C@@H](C(=O)Sc4ccccn4)CC[C@H]3C2C1.O=[S-](=O)C(F)(F)F.[O]=[Ag].c1ccc(P(c2ccccc2)c2ccccc2)cc1. The van der Waals surface area contributed by atoms with Gasteiger partial charge in [0, 0.05) is 108 Å². The maximum absolute atomic E-state index is 13.3. The van der Waals surface area contributed by atoms with Gasteiger partial charge in [0.1, 0.15) is 5.03 Å². The molecule has 0 bridgehead atoms. The number of anilines is 1. The number of aliphatic carboxylic acids is 1. The molecule has 12 aliphatic rings. The van der Waals surface area contributed by atoms with Crippen LogP contribution in [0.4, 0.5) is 18.9 Å². The zero-order valence-electron chi connectivity index (χ0n) is 68.7.